The second kappa shape index (κ2) is 8.25. The van der Waals surface area contributed by atoms with E-state index in [4.69, 9.17) is 4.74 Å². The number of nitrogens with one attached hydrogen (secondary N) is 1. The van der Waals surface area contributed by atoms with Crippen LogP contribution in [0.1, 0.15) is 37.8 Å². The zero-order valence-corrected chi connectivity index (χ0v) is 15.7. The number of rotatable bonds is 6. The summed E-state index contributed by atoms with van der Waals surface area (Å²) in [5, 5.41) is 2.96. The van der Waals surface area contributed by atoms with Crippen molar-refractivity contribution in [1.29, 1.82) is 0 Å². The third-order valence-electron chi connectivity index (χ3n) is 3.83. The maximum Gasteiger partial charge on any atom is 0.265 e. The molecule has 0 spiro atoms. The quantitative estimate of drug-likeness (QED) is 0.728. The van der Waals surface area contributed by atoms with E-state index in [0.717, 1.165) is 27.5 Å². The maximum absolute atomic E-state index is 12.5. The van der Waals surface area contributed by atoms with E-state index in [9.17, 15) is 4.79 Å². The molecule has 2 rings (SSSR count). The predicted molar refractivity (Wildman–Crippen MR) is 102 cm³/mol. The average molecular weight is 343 g/mol. The molecule has 3 nitrogen and oxygen atoms in total. The van der Waals surface area contributed by atoms with Gasteiger partial charge >= 0.3 is 0 Å². The van der Waals surface area contributed by atoms with Gasteiger partial charge in [-0.1, -0.05) is 38.1 Å². The van der Waals surface area contributed by atoms with Crippen molar-refractivity contribution < 1.29 is 9.53 Å². The van der Waals surface area contributed by atoms with Crippen molar-refractivity contribution in [3.05, 3.63) is 53.6 Å². The first-order chi connectivity index (χ1) is 11.4. The van der Waals surface area contributed by atoms with Crippen molar-refractivity contribution in [2.75, 3.05) is 11.6 Å². The van der Waals surface area contributed by atoms with Crippen LogP contribution in [-0.2, 0) is 4.79 Å². The van der Waals surface area contributed by atoms with Gasteiger partial charge in [0.2, 0.25) is 0 Å². The Kier molecular flexibility index (Phi) is 6.32. The Labute approximate surface area is 148 Å². The van der Waals surface area contributed by atoms with Gasteiger partial charge in [-0.05, 0) is 55.3 Å². The number of carbonyl (C=O) groups is 1. The Morgan fingerprint density at radius 2 is 1.83 bits per heavy atom. The standard InChI is InChI=1S/C20H25NO2S/c1-13(2)16-11-10-14(3)12-18(16)23-15(4)20(22)21-17-8-6-7-9-19(17)24-5/h6-13,15H,1-5H3,(H,21,22). The summed E-state index contributed by atoms with van der Waals surface area (Å²) in [6.07, 6.45) is 1.42. The van der Waals surface area contributed by atoms with Crippen molar-refractivity contribution in [2.45, 2.75) is 44.6 Å². The molecule has 1 atom stereocenters. The van der Waals surface area contributed by atoms with Gasteiger partial charge in [-0.15, -0.1) is 11.8 Å². The first kappa shape index (κ1) is 18.4. The molecule has 0 saturated heterocycles. The average Bonchev–Trinajstić information content (AvgIpc) is 2.55. The zero-order chi connectivity index (χ0) is 17.7. The first-order valence-corrected chi connectivity index (χ1v) is 9.36. The number of hydrogen-bond acceptors (Lipinski definition) is 3. The number of benzene rings is 2. The molecule has 0 heterocycles. The summed E-state index contributed by atoms with van der Waals surface area (Å²) in [6, 6.07) is 13.9. The fourth-order valence-corrected chi connectivity index (χ4v) is 3.00. The summed E-state index contributed by atoms with van der Waals surface area (Å²) in [6.45, 7) is 8.05. The Morgan fingerprint density at radius 3 is 2.50 bits per heavy atom. The third-order valence-corrected chi connectivity index (χ3v) is 4.62. The van der Waals surface area contributed by atoms with Crippen LogP contribution in [0.5, 0.6) is 5.75 Å². The molecule has 128 valence electrons. The Morgan fingerprint density at radius 1 is 1.12 bits per heavy atom. The summed E-state index contributed by atoms with van der Waals surface area (Å²) in [4.78, 5) is 13.5. The zero-order valence-electron chi connectivity index (χ0n) is 14.9. The molecule has 0 aliphatic carbocycles. The predicted octanol–water partition coefficient (Wildman–Crippen LogP) is 5.25. The van der Waals surface area contributed by atoms with E-state index in [1.54, 1.807) is 18.7 Å². The molecule has 0 aliphatic rings. The largest absolute Gasteiger partial charge is 0.481 e. The molecule has 1 amide bonds. The van der Waals surface area contributed by atoms with Gasteiger partial charge in [0.25, 0.3) is 5.91 Å². The molecule has 0 radical (unpaired) electrons. The third kappa shape index (κ3) is 4.54. The van der Waals surface area contributed by atoms with Crippen molar-refractivity contribution in [3.63, 3.8) is 0 Å². The van der Waals surface area contributed by atoms with Crippen molar-refractivity contribution in [2.24, 2.45) is 0 Å². The van der Waals surface area contributed by atoms with E-state index in [0.29, 0.717) is 5.92 Å². The first-order valence-electron chi connectivity index (χ1n) is 8.13. The molecule has 2 aromatic carbocycles. The van der Waals surface area contributed by atoms with Crippen LogP contribution in [-0.4, -0.2) is 18.3 Å². The van der Waals surface area contributed by atoms with Crippen LogP contribution >= 0.6 is 11.8 Å². The molecule has 2 aromatic rings. The Hall–Kier alpha value is -1.94. The van der Waals surface area contributed by atoms with Gasteiger partial charge < -0.3 is 10.1 Å². The minimum atomic E-state index is -0.570. The van der Waals surface area contributed by atoms with Gasteiger partial charge in [0.05, 0.1) is 5.69 Å². The molecule has 0 saturated carbocycles. The maximum atomic E-state index is 12.5. The Balaban J connectivity index is 2.13. The van der Waals surface area contributed by atoms with Crippen LogP contribution in [0, 0.1) is 6.92 Å². The SMILES string of the molecule is CSc1ccccc1NC(=O)C(C)Oc1cc(C)ccc1C(C)C. The number of thioether (sulfide) groups is 1. The highest BCUT2D eigenvalue weighted by Gasteiger charge is 2.18. The molecule has 24 heavy (non-hydrogen) atoms. The lowest BCUT2D eigenvalue weighted by Gasteiger charge is -2.20. The second-order valence-electron chi connectivity index (χ2n) is 6.15. The summed E-state index contributed by atoms with van der Waals surface area (Å²) in [7, 11) is 0. The molecule has 0 aliphatic heterocycles. The summed E-state index contributed by atoms with van der Waals surface area (Å²) in [5.74, 6) is 0.978. The molecule has 0 bridgehead atoms. The number of hydrogen-bond donors (Lipinski definition) is 1. The summed E-state index contributed by atoms with van der Waals surface area (Å²) >= 11 is 1.61. The van der Waals surface area contributed by atoms with Gasteiger partial charge in [0.15, 0.2) is 6.10 Å². The monoisotopic (exact) mass is 343 g/mol. The lowest BCUT2D eigenvalue weighted by Crippen LogP contribution is -2.30. The smallest absolute Gasteiger partial charge is 0.265 e. The normalized spacial score (nSPS) is 12.1. The van der Waals surface area contributed by atoms with Gasteiger partial charge in [-0.3, -0.25) is 4.79 Å². The van der Waals surface area contributed by atoms with Gasteiger partial charge in [0, 0.05) is 4.90 Å². The van der Waals surface area contributed by atoms with E-state index in [2.05, 4.69) is 31.3 Å². The van der Waals surface area contributed by atoms with E-state index < -0.39 is 6.10 Å². The van der Waals surface area contributed by atoms with Crippen LogP contribution in [0.2, 0.25) is 0 Å². The number of anilines is 1. The van der Waals surface area contributed by atoms with Gasteiger partial charge in [0.1, 0.15) is 5.75 Å². The number of para-hydroxylation sites is 1. The van der Waals surface area contributed by atoms with Gasteiger partial charge in [-0.2, -0.15) is 0 Å². The molecule has 1 unspecified atom stereocenters. The number of ether oxygens (including phenoxy) is 1. The fourth-order valence-electron chi connectivity index (χ4n) is 2.45. The van der Waals surface area contributed by atoms with Crippen LogP contribution < -0.4 is 10.1 Å². The molecule has 4 heteroatoms. The molecular weight excluding hydrogens is 318 g/mol. The highest BCUT2D eigenvalue weighted by Crippen LogP contribution is 2.29. The van der Waals surface area contributed by atoms with E-state index in [1.165, 1.54) is 0 Å². The van der Waals surface area contributed by atoms with Crippen LogP contribution in [0.25, 0.3) is 0 Å². The van der Waals surface area contributed by atoms with E-state index in [-0.39, 0.29) is 5.91 Å². The lowest BCUT2D eigenvalue weighted by molar-refractivity contribution is -0.122. The fraction of sp³-hybridized carbons (Fsp3) is 0.350. The van der Waals surface area contributed by atoms with Crippen molar-refractivity contribution in [3.8, 4) is 5.75 Å². The molecular formula is C20H25NO2S. The highest BCUT2D eigenvalue weighted by atomic mass is 32.2. The van der Waals surface area contributed by atoms with Gasteiger partial charge in [-0.25, -0.2) is 0 Å². The minimum Gasteiger partial charge on any atom is -0.481 e. The van der Waals surface area contributed by atoms with E-state index in [1.807, 2.05) is 43.5 Å². The summed E-state index contributed by atoms with van der Waals surface area (Å²) in [5.41, 5.74) is 3.05. The Bertz CT molecular complexity index is 713. The van der Waals surface area contributed by atoms with Crippen LogP contribution in [0.4, 0.5) is 5.69 Å². The molecule has 1 N–H and O–H groups in total. The highest BCUT2D eigenvalue weighted by molar-refractivity contribution is 7.98. The number of amides is 1. The van der Waals surface area contributed by atoms with Crippen molar-refractivity contribution >= 4 is 23.4 Å². The van der Waals surface area contributed by atoms with E-state index >= 15 is 0 Å². The molecule has 0 fully saturated rings. The molecule has 0 aromatic heterocycles. The topological polar surface area (TPSA) is 38.3 Å². The van der Waals surface area contributed by atoms with Crippen LogP contribution in [0.3, 0.4) is 0 Å². The number of aryl methyl sites for hydroxylation is 1. The van der Waals surface area contributed by atoms with Crippen molar-refractivity contribution in [1.82, 2.24) is 0 Å². The lowest BCUT2D eigenvalue weighted by atomic mass is 10.0. The number of carbonyl (C=O) groups excluding carboxylic acids is 1. The summed E-state index contributed by atoms with van der Waals surface area (Å²) < 4.78 is 5.98. The minimum absolute atomic E-state index is 0.146. The van der Waals surface area contributed by atoms with Crippen LogP contribution in [0.15, 0.2) is 47.4 Å². The second-order valence-corrected chi connectivity index (χ2v) is 6.99.